The number of furan rings is 1. The molecule has 0 bridgehead atoms. The van der Waals surface area contributed by atoms with Gasteiger partial charge in [0, 0.05) is 32.0 Å². The number of nitrogens with zero attached hydrogens (tertiary/aromatic N) is 3. The molecule has 1 fully saturated rings. The summed E-state index contributed by atoms with van der Waals surface area (Å²) in [7, 11) is 0. The predicted octanol–water partition coefficient (Wildman–Crippen LogP) is 2.05. The SMILES string of the molecule is CCn1nccc1N1CCC[C@H](NC(=O)CCc2ccc(C)o2)C1=O. The summed E-state index contributed by atoms with van der Waals surface area (Å²) in [5, 5.41) is 7.09. The summed E-state index contributed by atoms with van der Waals surface area (Å²) in [6, 6.07) is 5.12. The lowest BCUT2D eigenvalue weighted by Gasteiger charge is -2.32. The minimum Gasteiger partial charge on any atom is -0.466 e. The molecule has 3 heterocycles. The summed E-state index contributed by atoms with van der Waals surface area (Å²) in [5.74, 6) is 2.22. The Morgan fingerprint density at radius 1 is 1.40 bits per heavy atom. The molecule has 7 heteroatoms. The van der Waals surface area contributed by atoms with E-state index in [1.807, 2.05) is 32.0 Å². The van der Waals surface area contributed by atoms with Crippen molar-refractivity contribution < 1.29 is 14.0 Å². The number of rotatable bonds is 6. The quantitative estimate of drug-likeness (QED) is 0.870. The summed E-state index contributed by atoms with van der Waals surface area (Å²) >= 11 is 0. The Bertz CT molecular complexity index is 749. The Morgan fingerprint density at radius 3 is 2.96 bits per heavy atom. The average molecular weight is 344 g/mol. The van der Waals surface area contributed by atoms with Gasteiger partial charge in [-0.15, -0.1) is 0 Å². The summed E-state index contributed by atoms with van der Waals surface area (Å²) < 4.78 is 7.26. The summed E-state index contributed by atoms with van der Waals surface area (Å²) in [4.78, 5) is 26.7. The summed E-state index contributed by atoms with van der Waals surface area (Å²) in [6.07, 6.45) is 4.06. The fraction of sp³-hybridized carbons (Fsp3) is 0.500. The third-order valence-electron chi connectivity index (χ3n) is 4.44. The first kappa shape index (κ1) is 17.3. The normalized spacial score (nSPS) is 17.8. The van der Waals surface area contributed by atoms with Crippen molar-refractivity contribution in [2.45, 2.75) is 52.1 Å². The molecule has 1 N–H and O–H groups in total. The third-order valence-corrected chi connectivity index (χ3v) is 4.44. The number of carbonyl (C=O) groups excluding carboxylic acids is 2. The molecule has 3 rings (SSSR count). The molecule has 2 aromatic heterocycles. The Balaban J connectivity index is 1.58. The highest BCUT2D eigenvalue weighted by Crippen LogP contribution is 2.21. The maximum atomic E-state index is 12.8. The molecule has 1 aliphatic rings. The molecule has 0 aromatic carbocycles. The maximum Gasteiger partial charge on any atom is 0.250 e. The second-order valence-electron chi connectivity index (χ2n) is 6.27. The van der Waals surface area contributed by atoms with Gasteiger partial charge in [-0.1, -0.05) is 0 Å². The lowest BCUT2D eigenvalue weighted by molar-refractivity contribution is -0.128. The van der Waals surface area contributed by atoms with Crippen LogP contribution in [-0.2, 0) is 22.6 Å². The van der Waals surface area contributed by atoms with Crippen LogP contribution in [0.4, 0.5) is 5.82 Å². The van der Waals surface area contributed by atoms with Crippen molar-refractivity contribution in [3.63, 3.8) is 0 Å². The summed E-state index contributed by atoms with van der Waals surface area (Å²) in [5.41, 5.74) is 0. The highest BCUT2D eigenvalue weighted by Gasteiger charge is 2.32. The fourth-order valence-electron chi connectivity index (χ4n) is 3.16. The Labute approximate surface area is 147 Å². The number of nitrogens with one attached hydrogen (secondary N) is 1. The average Bonchev–Trinajstić information content (AvgIpc) is 3.23. The fourth-order valence-corrected chi connectivity index (χ4v) is 3.16. The van der Waals surface area contributed by atoms with Crippen LogP contribution in [0, 0.1) is 6.92 Å². The number of hydrogen-bond donors (Lipinski definition) is 1. The van der Waals surface area contributed by atoms with E-state index >= 15 is 0 Å². The number of hydrogen-bond acceptors (Lipinski definition) is 4. The number of anilines is 1. The van der Waals surface area contributed by atoms with Crippen LogP contribution < -0.4 is 10.2 Å². The van der Waals surface area contributed by atoms with E-state index in [-0.39, 0.29) is 11.8 Å². The van der Waals surface area contributed by atoms with Gasteiger partial charge in [0.15, 0.2) is 0 Å². The van der Waals surface area contributed by atoms with E-state index < -0.39 is 6.04 Å². The monoisotopic (exact) mass is 344 g/mol. The van der Waals surface area contributed by atoms with Gasteiger partial charge in [-0.2, -0.15) is 5.10 Å². The molecule has 1 aliphatic heterocycles. The molecule has 2 amide bonds. The topological polar surface area (TPSA) is 80.4 Å². The van der Waals surface area contributed by atoms with E-state index in [9.17, 15) is 9.59 Å². The van der Waals surface area contributed by atoms with Crippen LogP contribution in [-0.4, -0.2) is 34.2 Å². The van der Waals surface area contributed by atoms with Gasteiger partial charge in [0.1, 0.15) is 23.4 Å². The van der Waals surface area contributed by atoms with E-state index in [1.54, 1.807) is 15.8 Å². The third kappa shape index (κ3) is 3.92. The van der Waals surface area contributed by atoms with Gasteiger partial charge in [0.2, 0.25) is 5.91 Å². The molecule has 0 saturated carbocycles. The molecule has 0 spiro atoms. The van der Waals surface area contributed by atoms with Crippen LogP contribution in [0.1, 0.15) is 37.7 Å². The van der Waals surface area contributed by atoms with Crippen molar-refractivity contribution in [3.05, 3.63) is 35.9 Å². The molecule has 0 unspecified atom stereocenters. The lowest BCUT2D eigenvalue weighted by atomic mass is 10.0. The van der Waals surface area contributed by atoms with Gasteiger partial charge in [0.05, 0.1) is 6.20 Å². The van der Waals surface area contributed by atoms with Crippen LogP contribution in [0.15, 0.2) is 28.8 Å². The second kappa shape index (κ2) is 7.55. The largest absolute Gasteiger partial charge is 0.466 e. The van der Waals surface area contributed by atoms with Crippen molar-refractivity contribution in [2.75, 3.05) is 11.4 Å². The van der Waals surface area contributed by atoms with Gasteiger partial charge in [0.25, 0.3) is 5.91 Å². The first-order valence-electron chi connectivity index (χ1n) is 8.76. The van der Waals surface area contributed by atoms with E-state index in [0.29, 0.717) is 32.4 Å². The van der Waals surface area contributed by atoms with Crippen molar-refractivity contribution in [1.82, 2.24) is 15.1 Å². The molecular weight excluding hydrogens is 320 g/mol. The van der Waals surface area contributed by atoms with Gasteiger partial charge >= 0.3 is 0 Å². The van der Waals surface area contributed by atoms with Gasteiger partial charge in [-0.3, -0.25) is 14.5 Å². The molecular formula is C18H24N4O3. The highest BCUT2D eigenvalue weighted by atomic mass is 16.3. The molecule has 2 aromatic rings. The number of amides is 2. The minimum atomic E-state index is -0.472. The maximum absolute atomic E-state index is 12.8. The number of aryl methyl sites for hydroxylation is 3. The highest BCUT2D eigenvalue weighted by molar-refractivity contribution is 5.99. The van der Waals surface area contributed by atoms with E-state index in [1.165, 1.54) is 0 Å². The van der Waals surface area contributed by atoms with Crippen molar-refractivity contribution in [2.24, 2.45) is 0 Å². The van der Waals surface area contributed by atoms with Crippen molar-refractivity contribution >= 4 is 17.6 Å². The Morgan fingerprint density at radius 2 is 2.24 bits per heavy atom. The van der Waals surface area contributed by atoms with Crippen molar-refractivity contribution in [1.29, 1.82) is 0 Å². The Kier molecular flexibility index (Phi) is 5.21. The van der Waals surface area contributed by atoms with Crippen molar-refractivity contribution in [3.8, 4) is 0 Å². The minimum absolute atomic E-state index is 0.0661. The van der Waals surface area contributed by atoms with Crippen LogP contribution in [0.5, 0.6) is 0 Å². The first-order chi connectivity index (χ1) is 12.1. The van der Waals surface area contributed by atoms with Crippen LogP contribution in [0.3, 0.4) is 0 Å². The molecule has 0 aliphatic carbocycles. The number of piperidine rings is 1. The van der Waals surface area contributed by atoms with Crippen LogP contribution >= 0.6 is 0 Å². The predicted molar refractivity (Wildman–Crippen MR) is 93.2 cm³/mol. The zero-order chi connectivity index (χ0) is 17.8. The first-order valence-corrected chi connectivity index (χ1v) is 8.76. The molecule has 7 nitrogen and oxygen atoms in total. The van der Waals surface area contributed by atoms with E-state index in [4.69, 9.17) is 4.42 Å². The van der Waals surface area contributed by atoms with E-state index in [2.05, 4.69) is 10.4 Å². The number of carbonyl (C=O) groups is 2. The van der Waals surface area contributed by atoms with Crippen LogP contribution in [0.2, 0.25) is 0 Å². The molecule has 0 radical (unpaired) electrons. The van der Waals surface area contributed by atoms with Gasteiger partial charge < -0.3 is 9.73 Å². The molecule has 1 saturated heterocycles. The molecule has 1 atom stereocenters. The van der Waals surface area contributed by atoms with Gasteiger partial charge in [-0.05, 0) is 38.8 Å². The molecule has 25 heavy (non-hydrogen) atoms. The Hall–Kier alpha value is -2.57. The smallest absolute Gasteiger partial charge is 0.250 e. The van der Waals surface area contributed by atoms with Gasteiger partial charge in [-0.25, -0.2) is 4.68 Å². The zero-order valence-corrected chi connectivity index (χ0v) is 14.7. The molecule has 134 valence electrons. The zero-order valence-electron chi connectivity index (χ0n) is 14.7. The lowest BCUT2D eigenvalue weighted by Crippen LogP contribution is -2.53. The standard InChI is InChI=1S/C18H24N4O3/c1-3-22-17(10-11-19-22)21-12-4-5-15(18(21)24)20-16(23)9-8-14-7-6-13(2)25-14/h6-7,10-11,15H,3-5,8-9,12H2,1-2H3,(H,20,23)/t15-/m0/s1. The van der Waals surface area contributed by atoms with E-state index in [0.717, 1.165) is 23.8 Å². The second-order valence-corrected chi connectivity index (χ2v) is 6.27. The summed E-state index contributed by atoms with van der Waals surface area (Å²) in [6.45, 7) is 5.22. The van der Waals surface area contributed by atoms with Crippen LogP contribution in [0.25, 0.3) is 0 Å². The number of aromatic nitrogens is 2.